The molecule has 5 nitrogen and oxygen atoms in total. The zero-order valence-corrected chi connectivity index (χ0v) is 16.1. The summed E-state index contributed by atoms with van der Waals surface area (Å²) in [5.74, 6) is -0.0267. The van der Waals surface area contributed by atoms with Gasteiger partial charge in [-0.15, -0.1) is 11.3 Å². The Hall–Kier alpha value is -1.40. The van der Waals surface area contributed by atoms with Crippen LogP contribution in [0.25, 0.3) is 0 Å². The molecule has 1 fully saturated rings. The minimum absolute atomic E-state index is 0.0201. The Morgan fingerprint density at radius 2 is 2.12 bits per heavy atom. The van der Waals surface area contributed by atoms with Crippen molar-refractivity contribution in [3.05, 3.63) is 16.5 Å². The van der Waals surface area contributed by atoms with Gasteiger partial charge in [0.2, 0.25) is 5.91 Å². The maximum atomic E-state index is 12.8. The molecule has 1 saturated heterocycles. The summed E-state index contributed by atoms with van der Waals surface area (Å²) >= 11 is 1.35. The van der Waals surface area contributed by atoms with Gasteiger partial charge in [-0.1, -0.05) is 20.8 Å². The summed E-state index contributed by atoms with van der Waals surface area (Å²) in [4.78, 5) is 27.5. The summed E-state index contributed by atoms with van der Waals surface area (Å²) in [6, 6.07) is 1.88. The smallest absolute Gasteiger partial charge is 0.264 e. The van der Waals surface area contributed by atoms with Gasteiger partial charge in [0.1, 0.15) is 0 Å². The number of ether oxygens (including phenoxy) is 1. The summed E-state index contributed by atoms with van der Waals surface area (Å²) in [5, 5.41) is 3.64. The average Bonchev–Trinajstić information content (AvgIpc) is 3.12. The number of rotatable bonds is 5. The highest BCUT2D eigenvalue weighted by Gasteiger charge is 2.26. The second kappa shape index (κ2) is 7.66. The van der Waals surface area contributed by atoms with Crippen LogP contribution < -0.4 is 5.32 Å². The van der Waals surface area contributed by atoms with E-state index in [-0.39, 0.29) is 17.9 Å². The number of aryl methyl sites for hydroxylation is 1. The number of carbonyl (C=O) groups is 2. The van der Waals surface area contributed by atoms with Gasteiger partial charge < -0.3 is 15.0 Å². The third-order valence-electron chi connectivity index (χ3n) is 4.15. The summed E-state index contributed by atoms with van der Waals surface area (Å²) < 4.78 is 5.65. The van der Waals surface area contributed by atoms with Gasteiger partial charge >= 0.3 is 0 Å². The second-order valence-corrected chi connectivity index (χ2v) is 8.36. The van der Waals surface area contributed by atoms with Crippen molar-refractivity contribution in [2.45, 2.75) is 53.6 Å². The van der Waals surface area contributed by atoms with Crippen molar-refractivity contribution < 1.29 is 14.3 Å². The van der Waals surface area contributed by atoms with E-state index in [0.29, 0.717) is 18.0 Å². The molecule has 0 saturated carbocycles. The first-order chi connectivity index (χ1) is 11.2. The minimum atomic E-state index is -0.461. The highest BCUT2D eigenvalue weighted by Crippen LogP contribution is 2.29. The number of hydrogen-bond donors (Lipinski definition) is 1. The predicted octanol–water partition coefficient (Wildman–Crippen LogP) is 3.68. The molecule has 1 aliphatic heterocycles. The molecule has 2 rings (SSSR count). The first-order valence-electron chi connectivity index (χ1n) is 8.55. The maximum absolute atomic E-state index is 12.8. The molecule has 1 aliphatic rings. The number of hydrogen-bond acceptors (Lipinski definition) is 4. The van der Waals surface area contributed by atoms with Crippen molar-refractivity contribution >= 4 is 28.2 Å². The van der Waals surface area contributed by atoms with Crippen molar-refractivity contribution in [1.29, 1.82) is 0 Å². The molecule has 2 amide bonds. The first-order valence-corrected chi connectivity index (χ1v) is 9.36. The molecular weight excluding hydrogens is 324 g/mol. The van der Waals surface area contributed by atoms with Crippen LogP contribution in [0.15, 0.2) is 6.07 Å². The second-order valence-electron chi connectivity index (χ2n) is 7.31. The molecule has 0 aromatic carbocycles. The van der Waals surface area contributed by atoms with Gasteiger partial charge in [-0.05, 0) is 38.3 Å². The predicted molar refractivity (Wildman–Crippen MR) is 97.7 cm³/mol. The fourth-order valence-electron chi connectivity index (χ4n) is 2.59. The van der Waals surface area contributed by atoms with Crippen LogP contribution in [0.1, 0.15) is 55.8 Å². The van der Waals surface area contributed by atoms with Gasteiger partial charge in [-0.25, -0.2) is 0 Å². The molecule has 6 heteroatoms. The van der Waals surface area contributed by atoms with Crippen molar-refractivity contribution in [2.75, 3.05) is 25.0 Å². The third kappa shape index (κ3) is 4.57. The van der Waals surface area contributed by atoms with Gasteiger partial charge in [0.25, 0.3) is 5.91 Å². The zero-order valence-electron chi connectivity index (χ0n) is 15.3. The van der Waals surface area contributed by atoms with Crippen molar-refractivity contribution in [3.8, 4) is 0 Å². The van der Waals surface area contributed by atoms with Crippen LogP contribution in [0.3, 0.4) is 0 Å². The largest absolute Gasteiger partial charge is 0.376 e. The molecule has 1 N–H and O–H groups in total. The molecule has 0 aliphatic carbocycles. The molecule has 1 atom stereocenters. The quantitative estimate of drug-likeness (QED) is 0.879. The van der Waals surface area contributed by atoms with Gasteiger partial charge in [0, 0.05) is 25.1 Å². The molecule has 0 spiro atoms. The van der Waals surface area contributed by atoms with E-state index < -0.39 is 5.41 Å². The first kappa shape index (κ1) is 18.9. The molecule has 1 aromatic heterocycles. The average molecular weight is 353 g/mol. The lowest BCUT2D eigenvalue weighted by molar-refractivity contribution is -0.123. The van der Waals surface area contributed by atoms with E-state index in [1.165, 1.54) is 11.3 Å². The van der Waals surface area contributed by atoms with Crippen LogP contribution in [0.2, 0.25) is 0 Å². The number of likely N-dealkylation sites (N-methyl/N-ethyl adjacent to an activating group) is 1. The molecule has 24 heavy (non-hydrogen) atoms. The van der Waals surface area contributed by atoms with Crippen molar-refractivity contribution in [3.63, 3.8) is 0 Å². The number of nitrogens with one attached hydrogen (secondary N) is 1. The molecule has 1 unspecified atom stereocenters. The molecular formula is C18H28N2O3S. The van der Waals surface area contributed by atoms with Crippen LogP contribution in [-0.4, -0.2) is 42.5 Å². The number of thiophene rings is 1. The molecule has 2 heterocycles. The Bertz CT molecular complexity index is 598. The SMILES string of the molecule is CCN(CC1CCCO1)C(=O)c1sc(NC(=O)C(C)(C)C)cc1C. The van der Waals surface area contributed by atoms with E-state index in [2.05, 4.69) is 5.32 Å². The van der Waals surface area contributed by atoms with Crippen LogP contribution in [-0.2, 0) is 9.53 Å². The topological polar surface area (TPSA) is 58.6 Å². The Labute approximate surface area is 148 Å². The lowest BCUT2D eigenvalue weighted by atomic mass is 9.96. The van der Waals surface area contributed by atoms with Gasteiger partial charge in [-0.3, -0.25) is 9.59 Å². The minimum Gasteiger partial charge on any atom is -0.376 e. The lowest BCUT2D eigenvalue weighted by Crippen LogP contribution is -2.37. The fourth-order valence-corrected chi connectivity index (χ4v) is 3.62. The van der Waals surface area contributed by atoms with E-state index in [1.807, 2.05) is 45.6 Å². The fraction of sp³-hybridized carbons (Fsp3) is 0.667. The van der Waals surface area contributed by atoms with Crippen LogP contribution in [0.4, 0.5) is 5.00 Å². The maximum Gasteiger partial charge on any atom is 0.264 e. The summed E-state index contributed by atoms with van der Waals surface area (Å²) in [7, 11) is 0. The number of nitrogens with zero attached hydrogens (tertiary/aromatic N) is 1. The van der Waals surface area contributed by atoms with Gasteiger partial charge in [0.15, 0.2) is 0 Å². The Morgan fingerprint density at radius 1 is 1.42 bits per heavy atom. The molecule has 1 aromatic rings. The number of amides is 2. The third-order valence-corrected chi connectivity index (χ3v) is 5.29. The highest BCUT2D eigenvalue weighted by molar-refractivity contribution is 7.18. The summed E-state index contributed by atoms with van der Waals surface area (Å²) in [5.41, 5.74) is 0.442. The molecule has 0 radical (unpaired) electrons. The van der Waals surface area contributed by atoms with E-state index >= 15 is 0 Å². The molecule has 0 bridgehead atoms. The Balaban J connectivity index is 2.09. The lowest BCUT2D eigenvalue weighted by Gasteiger charge is -2.23. The van der Waals surface area contributed by atoms with E-state index in [0.717, 1.165) is 30.0 Å². The zero-order chi connectivity index (χ0) is 17.9. The van der Waals surface area contributed by atoms with Crippen LogP contribution >= 0.6 is 11.3 Å². The van der Waals surface area contributed by atoms with Crippen LogP contribution in [0.5, 0.6) is 0 Å². The Kier molecular flexibility index (Phi) is 6.04. The van der Waals surface area contributed by atoms with Crippen molar-refractivity contribution in [1.82, 2.24) is 4.90 Å². The standard InChI is InChI=1S/C18H28N2O3S/c1-6-20(11-13-8-7-9-23-13)16(21)15-12(2)10-14(24-15)19-17(22)18(3,4)5/h10,13H,6-9,11H2,1-5H3,(H,19,22). The van der Waals surface area contributed by atoms with E-state index in [9.17, 15) is 9.59 Å². The van der Waals surface area contributed by atoms with Gasteiger partial charge in [-0.2, -0.15) is 0 Å². The van der Waals surface area contributed by atoms with Crippen molar-refractivity contribution in [2.24, 2.45) is 5.41 Å². The summed E-state index contributed by atoms with van der Waals surface area (Å²) in [6.07, 6.45) is 2.23. The normalized spacial score (nSPS) is 17.8. The van der Waals surface area contributed by atoms with E-state index in [1.54, 1.807) is 0 Å². The number of anilines is 1. The van der Waals surface area contributed by atoms with Gasteiger partial charge in [0.05, 0.1) is 16.0 Å². The molecule has 134 valence electrons. The van der Waals surface area contributed by atoms with Crippen LogP contribution in [0, 0.1) is 12.3 Å². The monoisotopic (exact) mass is 352 g/mol. The number of carbonyl (C=O) groups excluding carboxylic acids is 2. The highest BCUT2D eigenvalue weighted by atomic mass is 32.1. The Morgan fingerprint density at radius 3 is 2.67 bits per heavy atom. The summed E-state index contributed by atoms with van der Waals surface area (Å²) in [6.45, 7) is 11.6. The van der Waals surface area contributed by atoms with E-state index in [4.69, 9.17) is 4.74 Å².